The fourth-order valence-electron chi connectivity index (χ4n) is 3.36. The normalized spacial score (nSPS) is 16.7. The number of hydrogen-bond donors (Lipinski definition) is 0. The molecular weight excluding hydrogens is 338 g/mol. The molecule has 24 heavy (non-hydrogen) atoms. The first-order valence-electron chi connectivity index (χ1n) is 7.92. The summed E-state index contributed by atoms with van der Waals surface area (Å²) in [4.78, 5) is 15.8. The minimum Gasteiger partial charge on any atom is -0.326 e. The molecule has 3 aromatic rings. The lowest BCUT2D eigenvalue weighted by atomic mass is 9.88. The van der Waals surface area contributed by atoms with Gasteiger partial charge in [-0.15, -0.1) is 11.3 Å². The van der Waals surface area contributed by atoms with Crippen LogP contribution in [0.4, 0.5) is 0 Å². The third kappa shape index (κ3) is 2.64. The molecule has 0 saturated carbocycles. The molecule has 2 heterocycles. The van der Waals surface area contributed by atoms with Crippen LogP contribution < -0.4 is 0 Å². The van der Waals surface area contributed by atoms with Crippen LogP contribution in [-0.4, -0.2) is 17.4 Å². The molecule has 0 aliphatic carbocycles. The van der Waals surface area contributed by atoms with E-state index >= 15 is 0 Å². The lowest BCUT2D eigenvalue weighted by molar-refractivity contribution is 0.0699. The Kier molecular flexibility index (Phi) is 4.13. The molecule has 4 heteroatoms. The maximum Gasteiger partial charge on any atom is 0.264 e. The van der Waals surface area contributed by atoms with Crippen molar-refractivity contribution in [2.75, 3.05) is 6.54 Å². The van der Waals surface area contributed by atoms with Gasteiger partial charge in [0.1, 0.15) is 0 Å². The number of hydrogen-bond acceptors (Lipinski definition) is 2. The molecule has 2 nitrogen and oxygen atoms in total. The topological polar surface area (TPSA) is 20.3 Å². The number of benzene rings is 2. The second kappa shape index (κ2) is 6.42. The van der Waals surface area contributed by atoms with Crippen LogP contribution in [0.5, 0.6) is 0 Å². The van der Waals surface area contributed by atoms with Crippen LogP contribution in [-0.2, 0) is 6.42 Å². The molecule has 0 radical (unpaired) electrons. The number of carbonyl (C=O) groups excluding carboxylic acids is 1. The van der Waals surface area contributed by atoms with Gasteiger partial charge in [-0.25, -0.2) is 0 Å². The Hall–Kier alpha value is -2.10. The summed E-state index contributed by atoms with van der Waals surface area (Å²) in [6, 6.07) is 19.8. The summed E-state index contributed by atoms with van der Waals surface area (Å²) >= 11 is 7.97. The Morgan fingerprint density at radius 1 is 1.00 bits per heavy atom. The van der Waals surface area contributed by atoms with Gasteiger partial charge >= 0.3 is 0 Å². The maximum atomic E-state index is 13.1. The zero-order valence-corrected chi connectivity index (χ0v) is 14.6. The van der Waals surface area contributed by atoms with E-state index in [0.29, 0.717) is 11.6 Å². The van der Waals surface area contributed by atoms with E-state index in [1.807, 2.05) is 52.7 Å². The summed E-state index contributed by atoms with van der Waals surface area (Å²) in [5.41, 5.74) is 3.44. The molecule has 1 atom stereocenters. The van der Waals surface area contributed by atoms with Crippen molar-refractivity contribution < 1.29 is 4.79 Å². The third-order valence-corrected chi connectivity index (χ3v) is 5.68. The number of thiophene rings is 1. The number of carbonyl (C=O) groups is 1. The molecule has 0 bridgehead atoms. The molecule has 1 aliphatic heterocycles. The van der Waals surface area contributed by atoms with Crippen LogP contribution in [0.2, 0.25) is 5.02 Å². The molecular formula is C20H16ClNOS. The molecule has 4 rings (SSSR count). The van der Waals surface area contributed by atoms with Crippen LogP contribution in [0.25, 0.3) is 0 Å². The highest BCUT2D eigenvalue weighted by molar-refractivity contribution is 7.12. The van der Waals surface area contributed by atoms with Crippen molar-refractivity contribution in [3.05, 3.63) is 92.6 Å². The van der Waals surface area contributed by atoms with Crippen molar-refractivity contribution in [1.29, 1.82) is 0 Å². The first-order chi connectivity index (χ1) is 11.8. The second-order valence-electron chi connectivity index (χ2n) is 5.85. The predicted molar refractivity (Wildman–Crippen MR) is 98.8 cm³/mol. The van der Waals surface area contributed by atoms with Crippen LogP contribution in [0.15, 0.2) is 66.0 Å². The fraction of sp³-hybridized carbons (Fsp3) is 0.150. The molecule has 120 valence electrons. The van der Waals surface area contributed by atoms with Crippen LogP contribution >= 0.6 is 22.9 Å². The Bertz CT molecular complexity index is 875. The fourth-order valence-corrected chi connectivity index (χ4v) is 4.28. The van der Waals surface area contributed by atoms with E-state index in [-0.39, 0.29) is 11.9 Å². The number of rotatable bonds is 2. The lowest BCUT2D eigenvalue weighted by Crippen LogP contribution is -2.40. The molecule has 0 N–H and O–H groups in total. The second-order valence-corrected chi connectivity index (χ2v) is 7.20. The van der Waals surface area contributed by atoms with E-state index in [1.54, 1.807) is 0 Å². The molecule has 1 aliphatic rings. The van der Waals surface area contributed by atoms with Crippen molar-refractivity contribution >= 4 is 28.8 Å². The minimum absolute atomic E-state index is 0.0735. The summed E-state index contributed by atoms with van der Waals surface area (Å²) in [6.45, 7) is 0.698. The molecule has 1 aromatic heterocycles. The number of halogens is 1. The van der Waals surface area contributed by atoms with Gasteiger partial charge in [0.25, 0.3) is 5.91 Å². The average molecular weight is 354 g/mol. The summed E-state index contributed by atoms with van der Waals surface area (Å²) in [6.07, 6.45) is 0.869. The van der Waals surface area contributed by atoms with Gasteiger partial charge in [-0.3, -0.25) is 4.79 Å². The van der Waals surface area contributed by atoms with Crippen molar-refractivity contribution in [3.8, 4) is 0 Å². The highest BCUT2D eigenvalue weighted by Crippen LogP contribution is 2.39. The first kappa shape index (κ1) is 15.4. The largest absolute Gasteiger partial charge is 0.326 e. The quantitative estimate of drug-likeness (QED) is 0.621. The van der Waals surface area contributed by atoms with Crippen LogP contribution in [0.1, 0.15) is 32.4 Å². The zero-order valence-electron chi connectivity index (χ0n) is 13.0. The average Bonchev–Trinajstić information content (AvgIpc) is 3.15. The minimum atomic E-state index is -0.141. The van der Waals surface area contributed by atoms with Gasteiger partial charge in [0.2, 0.25) is 0 Å². The Balaban J connectivity index is 1.85. The highest BCUT2D eigenvalue weighted by Gasteiger charge is 2.33. The van der Waals surface area contributed by atoms with Gasteiger partial charge in [0, 0.05) is 11.6 Å². The molecule has 1 amide bonds. The van der Waals surface area contributed by atoms with E-state index in [2.05, 4.69) is 18.2 Å². The maximum absolute atomic E-state index is 13.1. The van der Waals surface area contributed by atoms with Gasteiger partial charge < -0.3 is 4.90 Å². The standard InChI is InChI=1S/C20H16ClNOS/c21-17-9-4-3-8-16(17)19-15-7-2-1-6-14(15)11-12-22(19)20(23)18-10-5-13-24-18/h1-10,13,19H,11-12H2/t19-/m1/s1. The van der Waals surface area contributed by atoms with Gasteiger partial charge in [-0.1, -0.05) is 60.1 Å². The zero-order chi connectivity index (χ0) is 16.5. The number of fused-ring (bicyclic) bond motifs is 1. The van der Waals surface area contributed by atoms with Crippen molar-refractivity contribution in [2.24, 2.45) is 0 Å². The van der Waals surface area contributed by atoms with Gasteiger partial charge in [-0.2, -0.15) is 0 Å². The number of amides is 1. The summed E-state index contributed by atoms with van der Waals surface area (Å²) in [5.74, 6) is 0.0735. The van der Waals surface area contributed by atoms with E-state index in [9.17, 15) is 4.79 Å². The first-order valence-corrected chi connectivity index (χ1v) is 9.18. The van der Waals surface area contributed by atoms with E-state index in [1.165, 1.54) is 22.5 Å². The Morgan fingerprint density at radius 3 is 2.50 bits per heavy atom. The van der Waals surface area contributed by atoms with Crippen LogP contribution in [0.3, 0.4) is 0 Å². The van der Waals surface area contributed by atoms with Crippen LogP contribution in [0, 0.1) is 0 Å². The molecule has 0 saturated heterocycles. The smallest absolute Gasteiger partial charge is 0.264 e. The SMILES string of the molecule is O=C(c1cccs1)N1CCc2ccccc2[C@@H]1c1ccccc1Cl. The van der Waals surface area contributed by atoms with Crippen molar-refractivity contribution in [3.63, 3.8) is 0 Å². The van der Waals surface area contributed by atoms with Gasteiger partial charge in [0.15, 0.2) is 0 Å². The van der Waals surface area contributed by atoms with E-state index in [0.717, 1.165) is 16.9 Å². The van der Waals surface area contributed by atoms with Gasteiger partial charge in [0.05, 0.1) is 10.9 Å². The summed E-state index contributed by atoms with van der Waals surface area (Å²) in [7, 11) is 0. The highest BCUT2D eigenvalue weighted by atomic mass is 35.5. The summed E-state index contributed by atoms with van der Waals surface area (Å²) in [5, 5.41) is 2.64. The lowest BCUT2D eigenvalue weighted by Gasteiger charge is -2.38. The van der Waals surface area contributed by atoms with Crippen molar-refractivity contribution in [2.45, 2.75) is 12.5 Å². The van der Waals surface area contributed by atoms with Gasteiger partial charge in [-0.05, 0) is 40.6 Å². The summed E-state index contributed by atoms with van der Waals surface area (Å²) < 4.78 is 0. The molecule has 2 aromatic carbocycles. The predicted octanol–water partition coefficient (Wildman–Crippen LogP) is 5.19. The van der Waals surface area contributed by atoms with E-state index < -0.39 is 0 Å². The monoisotopic (exact) mass is 353 g/mol. The van der Waals surface area contributed by atoms with Crippen molar-refractivity contribution in [1.82, 2.24) is 4.90 Å². The Labute approximate surface area is 150 Å². The number of nitrogens with zero attached hydrogens (tertiary/aromatic N) is 1. The van der Waals surface area contributed by atoms with E-state index in [4.69, 9.17) is 11.6 Å². The Morgan fingerprint density at radius 2 is 1.75 bits per heavy atom. The molecule has 0 fully saturated rings. The third-order valence-electron chi connectivity index (χ3n) is 4.48. The molecule has 0 spiro atoms. The molecule has 0 unspecified atom stereocenters.